The lowest BCUT2D eigenvalue weighted by Crippen LogP contribution is -2.40. The highest BCUT2D eigenvalue weighted by Crippen LogP contribution is 2.27. The summed E-state index contributed by atoms with van der Waals surface area (Å²) in [6, 6.07) is 26.4. The van der Waals surface area contributed by atoms with Gasteiger partial charge < -0.3 is 9.64 Å². The molecule has 1 aliphatic rings. The van der Waals surface area contributed by atoms with Crippen molar-refractivity contribution in [3.8, 4) is 0 Å². The number of amides is 1. The fourth-order valence-corrected chi connectivity index (χ4v) is 3.80. The van der Waals surface area contributed by atoms with E-state index in [0.717, 1.165) is 34.5 Å². The zero-order chi connectivity index (χ0) is 22.6. The standard InChI is InChI=1S/C27H29N3O2/c1-27(2,3)32-26(31)30-18-17-23-22(19-30)15-10-16-24(23)28-29-25(20-11-6-4-7-12-20)21-13-8-5-9-14-21/h4-16,28H,17-19H2,1-3H3. The molecule has 164 valence electrons. The summed E-state index contributed by atoms with van der Waals surface area (Å²) >= 11 is 0. The number of nitrogens with one attached hydrogen (secondary N) is 1. The van der Waals surface area contributed by atoms with E-state index in [2.05, 4.69) is 35.8 Å². The van der Waals surface area contributed by atoms with E-state index in [4.69, 9.17) is 9.84 Å². The van der Waals surface area contributed by atoms with Crippen molar-refractivity contribution in [1.29, 1.82) is 0 Å². The molecule has 1 amide bonds. The van der Waals surface area contributed by atoms with Crippen molar-refractivity contribution in [3.05, 3.63) is 101 Å². The molecule has 3 aromatic rings. The van der Waals surface area contributed by atoms with Crippen LogP contribution in [0, 0.1) is 0 Å². The van der Waals surface area contributed by atoms with Gasteiger partial charge in [0, 0.05) is 24.2 Å². The molecule has 0 unspecified atom stereocenters. The highest BCUT2D eigenvalue weighted by atomic mass is 16.6. The molecular formula is C27H29N3O2. The van der Waals surface area contributed by atoms with E-state index in [-0.39, 0.29) is 6.09 Å². The molecule has 0 atom stereocenters. The Balaban J connectivity index is 1.59. The molecule has 0 bridgehead atoms. The second-order valence-corrected chi connectivity index (χ2v) is 8.90. The van der Waals surface area contributed by atoms with Crippen LogP contribution in [0.3, 0.4) is 0 Å². The Hall–Kier alpha value is -3.60. The highest BCUT2D eigenvalue weighted by Gasteiger charge is 2.26. The molecule has 1 aliphatic heterocycles. The van der Waals surface area contributed by atoms with Crippen LogP contribution in [0.25, 0.3) is 0 Å². The van der Waals surface area contributed by atoms with Crippen molar-refractivity contribution in [2.45, 2.75) is 39.3 Å². The minimum Gasteiger partial charge on any atom is -0.444 e. The van der Waals surface area contributed by atoms with Crippen LogP contribution in [-0.2, 0) is 17.7 Å². The number of hydrazone groups is 1. The molecule has 5 heteroatoms. The van der Waals surface area contributed by atoms with Crippen LogP contribution in [0.4, 0.5) is 10.5 Å². The zero-order valence-corrected chi connectivity index (χ0v) is 18.8. The molecule has 0 aliphatic carbocycles. The Labute approximate surface area is 189 Å². The first-order valence-electron chi connectivity index (χ1n) is 10.9. The van der Waals surface area contributed by atoms with Crippen LogP contribution in [0.15, 0.2) is 84.0 Å². The second-order valence-electron chi connectivity index (χ2n) is 8.90. The van der Waals surface area contributed by atoms with Gasteiger partial charge in [0.15, 0.2) is 0 Å². The Morgan fingerprint density at radius 1 is 0.906 bits per heavy atom. The van der Waals surface area contributed by atoms with Crippen molar-refractivity contribution >= 4 is 17.5 Å². The number of carbonyl (C=O) groups excluding carboxylic acids is 1. The molecule has 4 rings (SSSR count). The van der Waals surface area contributed by atoms with Gasteiger partial charge in [0.2, 0.25) is 0 Å². The van der Waals surface area contributed by atoms with Crippen molar-refractivity contribution in [1.82, 2.24) is 4.90 Å². The van der Waals surface area contributed by atoms with Crippen LogP contribution >= 0.6 is 0 Å². The first-order chi connectivity index (χ1) is 15.4. The topological polar surface area (TPSA) is 53.9 Å². The largest absolute Gasteiger partial charge is 0.444 e. The third kappa shape index (κ3) is 5.17. The summed E-state index contributed by atoms with van der Waals surface area (Å²) in [6.45, 7) is 6.82. The molecule has 5 nitrogen and oxygen atoms in total. The Morgan fingerprint density at radius 2 is 1.53 bits per heavy atom. The number of carbonyl (C=O) groups is 1. The van der Waals surface area contributed by atoms with Gasteiger partial charge in [-0.2, -0.15) is 5.10 Å². The SMILES string of the molecule is CC(C)(C)OC(=O)N1CCc2c(cccc2NN=C(c2ccccc2)c2ccccc2)C1. The van der Waals surface area contributed by atoms with Crippen LogP contribution in [0.1, 0.15) is 43.0 Å². The average Bonchev–Trinajstić information content (AvgIpc) is 2.79. The lowest BCUT2D eigenvalue weighted by Gasteiger charge is -2.32. The van der Waals surface area contributed by atoms with Gasteiger partial charge in [0.05, 0.1) is 11.4 Å². The number of anilines is 1. The number of benzene rings is 3. The van der Waals surface area contributed by atoms with Crippen LogP contribution in [-0.4, -0.2) is 28.9 Å². The van der Waals surface area contributed by atoms with Crippen LogP contribution in [0.5, 0.6) is 0 Å². The summed E-state index contributed by atoms with van der Waals surface area (Å²) < 4.78 is 5.55. The van der Waals surface area contributed by atoms with Gasteiger partial charge in [0.1, 0.15) is 5.60 Å². The molecule has 0 radical (unpaired) electrons. The predicted molar refractivity (Wildman–Crippen MR) is 129 cm³/mol. The summed E-state index contributed by atoms with van der Waals surface area (Å²) in [5, 5.41) is 4.81. The Morgan fingerprint density at radius 3 is 2.12 bits per heavy atom. The predicted octanol–water partition coefficient (Wildman–Crippen LogP) is 5.84. The number of rotatable bonds is 4. The molecule has 0 spiro atoms. The molecule has 3 aromatic carbocycles. The van der Waals surface area contributed by atoms with Crippen LogP contribution in [0.2, 0.25) is 0 Å². The Bertz CT molecular complexity index is 1060. The third-order valence-electron chi connectivity index (χ3n) is 5.30. The van der Waals surface area contributed by atoms with Gasteiger partial charge in [-0.3, -0.25) is 5.43 Å². The molecule has 0 aromatic heterocycles. The fraction of sp³-hybridized carbons (Fsp3) is 0.259. The summed E-state index contributed by atoms with van der Waals surface area (Å²) in [7, 11) is 0. The average molecular weight is 428 g/mol. The molecule has 0 fully saturated rings. The van der Waals surface area contributed by atoms with E-state index in [9.17, 15) is 4.79 Å². The van der Waals surface area contributed by atoms with Crippen LogP contribution < -0.4 is 5.43 Å². The van der Waals surface area contributed by atoms with E-state index >= 15 is 0 Å². The number of ether oxygens (including phenoxy) is 1. The van der Waals surface area contributed by atoms with E-state index in [0.29, 0.717) is 13.1 Å². The van der Waals surface area contributed by atoms with Gasteiger partial charge in [-0.05, 0) is 44.4 Å². The minimum absolute atomic E-state index is 0.269. The molecule has 0 saturated carbocycles. The molecule has 0 saturated heterocycles. The number of hydrogen-bond donors (Lipinski definition) is 1. The van der Waals surface area contributed by atoms with Crippen molar-refractivity contribution in [2.24, 2.45) is 5.10 Å². The van der Waals surface area contributed by atoms with Gasteiger partial charge in [-0.25, -0.2) is 4.79 Å². The molecule has 32 heavy (non-hydrogen) atoms. The normalized spacial score (nSPS) is 13.2. The summed E-state index contributed by atoms with van der Waals surface area (Å²) in [6.07, 6.45) is 0.481. The van der Waals surface area contributed by atoms with Gasteiger partial charge in [-0.1, -0.05) is 72.8 Å². The first kappa shape index (κ1) is 21.6. The third-order valence-corrected chi connectivity index (χ3v) is 5.30. The second kappa shape index (κ2) is 9.27. The van der Waals surface area contributed by atoms with Crippen molar-refractivity contribution in [3.63, 3.8) is 0 Å². The van der Waals surface area contributed by atoms with Crippen molar-refractivity contribution in [2.75, 3.05) is 12.0 Å². The zero-order valence-electron chi connectivity index (χ0n) is 18.8. The maximum atomic E-state index is 12.5. The fourth-order valence-electron chi connectivity index (χ4n) is 3.80. The first-order valence-corrected chi connectivity index (χ1v) is 10.9. The van der Waals surface area contributed by atoms with Gasteiger partial charge in [0.25, 0.3) is 0 Å². The number of fused-ring (bicyclic) bond motifs is 1. The summed E-state index contributed by atoms with van der Waals surface area (Å²) in [5.41, 5.74) is 9.06. The quantitative estimate of drug-likeness (QED) is 0.420. The number of hydrogen-bond acceptors (Lipinski definition) is 4. The van der Waals surface area contributed by atoms with Gasteiger partial charge in [-0.15, -0.1) is 0 Å². The summed E-state index contributed by atoms with van der Waals surface area (Å²) in [4.78, 5) is 14.3. The molecule has 1 N–H and O–H groups in total. The smallest absolute Gasteiger partial charge is 0.410 e. The monoisotopic (exact) mass is 427 g/mol. The Kier molecular flexibility index (Phi) is 6.26. The number of nitrogens with zero attached hydrogens (tertiary/aromatic N) is 2. The molecular weight excluding hydrogens is 398 g/mol. The van der Waals surface area contributed by atoms with E-state index in [1.54, 1.807) is 4.90 Å². The van der Waals surface area contributed by atoms with E-state index in [1.165, 1.54) is 5.56 Å². The minimum atomic E-state index is -0.499. The van der Waals surface area contributed by atoms with E-state index < -0.39 is 5.60 Å². The highest BCUT2D eigenvalue weighted by molar-refractivity contribution is 6.13. The van der Waals surface area contributed by atoms with Crippen molar-refractivity contribution < 1.29 is 9.53 Å². The summed E-state index contributed by atoms with van der Waals surface area (Å²) in [5.74, 6) is 0. The molecule has 1 heterocycles. The lowest BCUT2D eigenvalue weighted by molar-refractivity contribution is 0.0224. The van der Waals surface area contributed by atoms with E-state index in [1.807, 2.05) is 69.3 Å². The maximum absolute atomic E-state index is 12.5. The maximum Gasteiger partial charge on any atom is 0.410 e. The van der Waals surface area contributed by atoms with Gasteiger partial charge >= 0.3 is 6.09 Å². The lowest BCUT2D eigenvalue weighted by atomic mass is 9.98.